The molecule has 7 heteroatoms. The lowest BCUT2D eigenvalue weighted by atomic mass is 10.1. The molecule has 1 rings (SSSR count). The minimum absolute atomic E-state index is 0.0390. The summed E-state index contributed by atoms with van der Waals surface area (Å²) in [5.41, 5.74) is 0.477. The molecule has 0 radical (unpaired) electrons. The summed E-state index contributed by atoms with van der Waals surface area (Å²) in [5, 5.41) is 2.63. The number of carbonyl (C=O) groups excluding carboxylic acids is 1. The van der Waals surface area contributed by atoms with Gasteiger partial charge in [-0.1, -0.05) is 0 Å². The summed E-state index contributed by atoms with van der Waals surface area (Å²) in [7, 11) is 2.89. The highest BCUT2D eigenvalue weighted by atomic mass is 35.7. The quantitative estimate of drug-likeness (QED) is 0.830. The molecule has 1 N–H and O–H groups in total. The third-order valence-electron chi connectivity index (χ3n) is 2.26. The standard InChI is InChI=1S/C11H14ClNO4S/c1-3-13-11(14)7-8-6-9(18(12,15)16)4-5-10(8)17-2/h4-6H,3,7H2,1-2H3,(H,13,14). The van der Waals surface area contributed by atoms with Crippen LogP contribution in [0.15, 0.2) is 23.1 Å². The highest BCUT2D eigenvalue weighted by Crippen LogP contribution is 2.24. The van der Waals surface area contributed by atoms with Gasteiger partial charge in [-0.2, -0.15) is 0 Å². The van der Waals surface area contributed by atoms with E-state index < -0.39 is 9.05 Å². The first-order valence-corrected chi connectivity index (χ1v) is 7.57. The van der Waals surface area contributed by atoms with Crippen LogP contribution in [0.1, 0.15) is 12.5 Å². The molecule has 0 fully saturated rings. The minimum Gasteiger partial charge on any atom is -0.496 e. The number of hydrogen-bond acceptors (Lipinski definition) is 4. The van der Waals surface area contributed by atoms with Crippen molar-refractivity contribution < 1.29 is 17.9 Å². The van der Waals surface area contributed by atoms with E-state index in [4.69, 9.17) is 15.4 Å². The van der Waals surface area contributed by atoms with Gasteiger partial charge >= 0.3 is 0 Å². The van der Waals surface area contributed by atoms with Gasteiger partial charge in [-0.15, -0.1) is 0 Å². The average Bonchev–Trinajstić information content (AvgIpc) is 2.28. The van der Waals surface area contributed by atoms with Crippen LogP contribution in [0.2, 0.25) is 0 Å². The average molecular weight is 292 g/mol. The molecule has 0 aliphatic rings. The molecule has 0 saturated heterocycles. The number of carbonyl (C=O) groups is 1. The molecule has 0 spiro atoms. The van der Waals surface area contributed by atoms with Crippen LogP contribution in [0.5, 0.6) is 5.75 Å². The summed E-state index contributed by atoms with van der Waals surface area (Å²) in [6.45, 7) is 2.31. The van der Waals surface area contributed by atoms with Gasteiger partial charge < -0.3 is 10.1 Å². The molecule has 0 aliphatic carbocycles. The first-order valence-electron chi connectivity index (χ1n) is 5.26. The van der Waals surface area contributed by atoms with Crippen molar-refractivity contribution >= 4 is 25.6 Å². The van der Waals surface area contributed by atoms with E-state index >= 15 is 0 Å². The van der Waals surface area contributed by atoms with Gasteiger partial charge in [0.1, 0.15) is 5.75 Å². The van der Waals surface area contributed by atoms with Crippen molar-refractivity contribution in [3.63, 3.8) is 0 Å². The Morgan fingerprint density at radius 2 is 2.11 bits per heavy atom. The molecular weight excluding hydrogens is 278 g/mol. The maximum Gasteiger partial charge on any atom is 0.261 e. The summed E-state index contributed by atoms with van der Waals surface area (Å²) in [4.78, 5) is 11.4. The molecule has 1 aromatic carbocycles. The molecule has 0 saturated carbocycles. The van der Waals surface area contributed by atoms with Gasteiger partial charge in [0, 0.05) is 22.8 Å². The highest BCUT2D eigenvalue weighted by Gasteiger charge is 2.15. The largest absolute Gasteiger partial charge is 0.496 e. The number of halogens is 1. The van der Waals surface area contributed by atoms with Crippen LogP contribution in [-0.4, -0.2) is 28.0 Å². The van der Waals surface area contributed by atoms with Crippen LogP contribution in [0, 0.1) is 0 Å². The summed E-state index contributed by atoms with van der Waals surface area (Å²) >= 11 is 0. The first kappa shape index (κ1) is 14.8. The summed E-state index contributed by atoms with van der Waals surface area (Å²) in [6, 6.07) is 4.16. The van der Waals surface area contributed by atoms with Crippen LogP contribution in [0.25, 0.3) is 0 Å². The van der Waals surface area contributed by atoms with Crippen LogP contribution in [0.4, 0.5) is 0 Å². The van der Waals surface area contributed by atoms with Crippen LogP contribution in [0.3, 0.4) is 0 Å². The van der Waals surface area contributed by atoms with Crippen molar-refractivity contribution in [3.8, 4) is 5.75 Å². The molecule has 0 heterocycles. The lowest BCUT2D eigenvalue weighted by Gasteiger charge is -2.09. The van der Waals surface area contributed by atoms with E-state index in [9.17, 15) is 13.2 Å². The summed E-state index contributed by atoms with van der Waals surface area (Å²) < 4.78 is 27.5. The first-order chi connectivity index (χ1) is 8.38. The third-order valence-corrected chi connectivity index (χ3v) is 3.61. The van der Waals surface area contributed by atoms with Gasteiger partial charge in [0.05, 0.1) is 18.4 Å². The molecule has 0 aromatic heterocycles. The smallest absolute Gasteiger partial charge is 0.261 e. The number of methoxy groups -OCH3 is 1. The molecule has 0 bridgehead atoms. The minimum atomic E-state index is -3.81. The molecule has 0 atom stereocenters. The van der Waals surface area contributed by atoms with Crippen molar-refractivity contribution in [3.05, 3.63) is 23.8 Å². The predicted octanol–water partition coefficient (Wildman–Crippen LogP) is 1.30. The number of ether oxygens (including phenoxy) is 1. The van der Waals surface area contributed by atoms with E-state index in [-0.39, 0.29) is 17.2 Å². The van der Waals surface area contributed by atoms with Crippen molar-refractivity contribution in [1.29, 1.82) is 0 Å². The maximum atomic E-state index is 11.5. The fourth-order valence-corrected chi connectivity index (χ4v) is 2.28. The van der Waals surface area contributed by atoms with Crippen LogP contribution < -0.4 is 10.1 Å². The lowest BCUT2D eigenvalue weighted by molar-refractivity contribution is -0.120. The zero-order valence-corrected chi connectivity index (χ0v) is 11.6. The SMILES string of the molecule is CCNC(=O)Cc1cc(S(=O)(=O)Cl)ccc1OC. The number of rotatable bonds is 5. The molecule has 0 aliphatic heterocycles. The molecule has 0 unspecified atom stereocenters. The summed E-state index contributed by atoms with van der Waals surface area (Å²) in [6.07, 6.45) is 0.0390. The van der Waals surface area contributed by atoms with Crippen LogP contribution in [-0.2, 0) is 20.3 Å². The summed E-state index contributed by atoms with van der Waals surface area (Å²) in [5.74, 6) is 0.241. The molecule has 1 aromatic rings. The van der Waals surface area contributed by atoms with Gasteiger partial charge in [0.25, 0.3) is 9.05 Å². The van der Waals surface area contributed by atoms with E-state index in [0.717, 1.165) is 0 Å². The molecule has 5 nitrogen and oxygen atoms in total. The van der Waals surface area contributed by atoms with Gasteiger partial charge in [-0.05, 0) is 25.1 Å². The predicted molar refractivity (Wildman–Crippen MR) is 68.4 cm³/mol. The van der Waals surface area contributed by atoms with Crippen molar-refractivity contribution in [1.82, 2.24) is 5.32 Å². The second kappa shape index (κ2) is 6.06. The number of nitrogens with one attached hydrogen (secondary N) is 1. The number of likely N-dealkylation sites (N-methyl/N-ethyl adjacent to an activating group) is 1. The molecule has 18 heavy (non-hydrogen) atoms. The lowest BCUT2D eigenvalue weighted by Crippen LogP contribution is -2.24. The Hall–Kier alpha value is -1.27. The van der Waals surface area contributed by atoms with E-state index in [2.05, 4.69) is 5.32 Å². The fraction of sp³-hybridized carbons (Fsp3) is 0.364. The van der Waals surface area contributed by atoms with E-state index in [0.29, 0.717) is 17.9 Å². The topological polar surface area (TPSA) is 72.5 Å². The number of hydrogen-bond donors (Lipinski definition) is 1. The normalized spacial score (nSPS) is 11.1. The number of benzene rings is 1. The second-order valence-electron chi connectivity index (χ2n) is 3.54. The van der Waals surface area contributed by atoms with E-state index in [1.165, 1.54) is 25.3 Å². The Labute approximate surface area is 111 Å². The van der Waals surface area contributed by atoms with Gasteiger partial charge in [0.15, 0.2) is 0 Å². The zero-order valence-electron chi connectivity index (χ0n) is 10.1. The van der Waals surface area contributed by atoms with Gasteiger partial charge in [-0.25, -0.2) is 8.42 Å². The Balaban J connectivity index is 3.11. The number of amides is 1. The molecule has 100 valence electrons. The van der Waals surface area contributed by atoms with Crippen molar-refractivity contribution in [2.24, 2.45) is 0 Å². The Morgan fingerprint density at radius 3 is 2.61 bits per heavy atom. The second-order valence-corrected chi connectivity index (χ2v) is 6.11. The Kier molecular flexibility index (Phi) is 4.98. The Bertz CT molecular complexity index is 542. The van der Waals surface area contributed by atoms with Gasteiger partial charge in [0.2, 0.25) is 5.91 Å². The van der Waals surface area contributed by atoms with Crippen molar-refractivity contribution in [2.45, 2.75) is 18.2 Å². The monoisotopic (exact) mass is 291 g/mol. The van der Waals surface area contributed by atoms with E-state index in [1.807, 2.05) is 0 Å². The molecule has 1 amide bonds. The third kappa shape index (κ3) is 3.89. The van der Waals surface area contributed by atoms with E-state index in [1.54, 1.807) is 6.92 Å². The fourth-order valence-electron chi connectivity index (χ4n) is 1.48. The highest BCUT2D eigenvalue weighted by molar-refractivity contribution is 8.13. The van der Waals surface area contributed by atoms with Crippen molar-refractivity contribution in [2.75, 3.05) is 13.7 Å². The zero-order chi connectivity index (χ0) is 13.8. The Morgan fingerprint density at radius 1 is 1.44 bits per heavy atom. The molecular formula is C11H14ClNO4S. The van der Waals surface area contributed by atoms with Crippen LogP contribution >= 0.6 is 10.7 Å². The maximum absolute atomic E-state index is 11.5. The van der Waals surface area contributed by atoms with Gasteiger partial charge in [-0.3, -0.25) is 4.79 Å².